The number of rotatable bonds is 1. The van der Waals surface area contributed by atoms with Gasteiger partial charge in [-0.15, -0.1) is 0 Å². The summed E-state index contributed by atoms with van der Waals surface area (Å²) in [6, 6.07) is 4.21. The summed E-state index contributed by atoms with van der Waals surface area (Å²) in [4.78, 5) is 2.32. The minimum atomic E-state index is 0.625. The third-order valence-corrected chi connectivity index (χ3v) is 3.52. The molecule has 0 aliphatic carbocycles. The molecule has 3 rings (SSSR count). The van der Waals surface area contributed by atoms with E-state index in [4.69, 9.17) is 15.3 Å². The number of anilines is 1. The molecule has 5 heteroatoms. The Bertz CT molecular complexity index is 442. The number of hydrazine groups is 1. The van der Waals surface area contributed by atoms with Crippen molar-refractivity contribution in [2.45, 2.75) is 6.92 Å². The number of nitrogens with two attached hydrogens (primary N) is 1. The van der Waals surface area contributed by atoms with Crippen LogP contribution >= 0.6 is 0 Å². The molecule has 18 heavy (non-hydrogen) atoms. The van der Waals surface area contributed by atoms with Crippen LogP contribution in [-0.4, -0.2) is 44.4 Å². The molecule has 0 bridgehead atoms. The van der Waals surface area contributed by atoms with E-state index < -0.39 is 0 Å². The van der Waals surface area contributed by atoms with E-state index in [9.17, 15) is 0 Å². The Morgan fingerprint density at radius 1 is 1.00 bits per heavy atom. The Morgan fingerprint density at radius 3 is 2.39 bits per heavy atom. The highest BCUT2D eigenvalue weighted by atomic mass is 16.6. The molecule has 0 aromatic heterocycles. The summed E-state index contributed by atoms with van der Waals surface area (Å²) in [7, 11) is 0. The molecule has 5 nitrogen and oxygen atoms in total. The van der Waals surface area contributed by atoms with Crippen LogP contribution in [0.5, 0.6) is 11.5 Å². The van der Waals surface area contributed by atoms with Crippen LogP contribution < -0.4 is 20.2 Å². The normalized spacial score (nSPS) is 20.0. The van der Waals surface area contributed by atoms with Crippen molar-refractivity contribution >= 4 is 5.69 Å². The minimum absolute atomic E-state index is 0.625. The van der Waals surface area contributed by atoms with Crippen LogP contribution in [0.2, 0.25) is 0 Å². The van der Waals surface area contributed by atoms with Gasteiger partial charge < -0.3 is 14.4 Å². The summed E-state index contributed by atoms with van der Waals surface area (Å²) in [5.41, 5.74) is 2.26. The third kappa shape index (κ3) is 2.00. The number of nitrogens with zero attached hydrogens (tertiary/aromatic N) is 2. The van der Waals surface area contributed by atoms with Gasteiger partial charge in [0.1, 0.15) is 13.2 Å². The highest BCUT2D eigenvalue weighted by Gasteiger charge is 2.23. The van der Waals surface area contributed by atoms with E-state index in [1.54, 1.807) is 0 Å². The molecule has 2 aliphatic rings. The third-order valence-electron chi connectivity index (χ3n) is 3.52. The maximum atomic E-state index is 5.80. The lowest BCUT2D eigenvalue weighted by molar-refractivity contribution is 0.170. The second-order valence-electron chi connectivity index (χ2n) is 4.78. The SMILES string of the molecule is Cc1ccc(N2CCN(N)CC2)c2c1OCCO2. The highest BCUT2D eigenvalue weighted by Crippen LogP contribution is 2.42. The number of benzene rings is 1. The fourth-order valence-electron chi connectivity index (χ4n) is 2.47. The van der Waals surface area contributed by atoms with E-state index in [-0.39, 0.29) is 0 Å². The number of piperazine rings is 1. The predicted molar refractivity (Wildman–Crippen MR) is 70.1 cm³/mol. The molecule has 0 unspecified atom stereocenters. The van der Waals surface area contributed by atoms with Crippen molar-refractivity contribution in [3.63, 3.8) is 0 Å². The highest BCUT2D eigenvalue weighted by molar-refractivity contribution is 5.67. The minimum Gasteiger partial charge on any atom is -0.486 e. The second kappa shape index (κ2) is 4.66. The summed E-state index contributed by atoms with van der Waals surface area (Å²) in [6.07, 6.45) is 0. The first-order valence-corrected chi connectivity index (χ1v) is 6.39. The molecule has 0 atom stereocenters. The van der Waals surface area contributed by atoms with Gasteiger partial charge in [-0.1, -0.05) is 6.07 Å². The predicted octanol–water partition coefficient (Wildman–Crippen LogP) is 0.762. The van der Waals surface area contributed by atoms with Gasteiger partial charge in [0.05, 0.1) is 5.69 Å². The van der Waals surface area contributed by atoms with Crippen LogP contribution in [0.25, 0.3) is 0 Å². The van der Waals surface area contributed by atoms with Crippen LogP contribution in [0.4, 0.5) is 5.69 Å². The standard InChI is InChI=1S/C13H19N3O2/c1-10-2-3-11(13-12(10)17-8-9-18-13)15-4-6-16(14)7-5-15/h2-3H,4-9,14H2,1H3. The van der Waals surface area contributed by atoms with Gasteiger partial charge >= 0.3 is 0 Å². The van der Waals surface area contributed by atoms with Gasteiger partial charge in [-0.25, -0.2) is 5.01 Å². The lowest BCUT2D eigenvalue weighted by Gasteiger charge is -2.35. The van der Waals surface area contributed by atoms with Crippen molar-refractivity contribution in [3.05, 3.63) is 17.7 Å². The molecule has 98 valence electrons. The Hall–Kier alpha value is -1.46. The molecule has 0 spiro atoms. The number of aryl methyl sites for hydroxylation is 1. The molecule has 1 saturated heterocycles. The van der Waals surface area contributed by atoms with Gasteiger partial charge in [0, 0.05) is 26.2 Å². The second-order valence-corrected chi connectivity index (χ2v) is 4.78. The van der Waals surface area contributed by atoms with E-state index in [2.05, 4.69) is 24.0 Å². The molecule has 0 radical (unpaired) electrons. The number of ether oxygens (including phenoxy) is 2. The molecular formula is C13H19N3O2. The molecule has 2 aliphatic heterocycles. The van der Waals surface area contributed by atoms with Crippen LogP contribution in [-0.2, 0) is 0 Å². The van der Waals surface area contributed by atoms with Crippen LogP contribution in [0.1, 0.15) is 5.56 Å². The van der Waals surface area contributed by atoms with Crippen molar-refractivity contribution in [2.75, 3.05) is 44.3 Å². The molecule has 2 heterocycles. The van der Waals surface area contributed by atoms with Crippen LogP contribution in [0.3, 0.4) is 0 Å². The number of fused-ring (bicyclic) bond motifs is 1. The summed E-state index contributed by atoms with van der Waals surface area (Å²) in [5, 5.41) is 1.86. The van der Waals surface area contributed by atoms with Gasteiger partial charge in [0.15, 0.2) is 11.5 Å². The maximum Gasteiger partial charge on any atom is 0.184 e. The average molecular weight is 249 g/mol. The zero-order chi connectivity index (χ0) is 12.5. The maximum absolute atomic E-state index is 5.80. The summed E-state index contributed by atoms with van der Waals surface area (Å²) >= 11 is 0. The first-order chi connectivity index (χ1) is 8.75. The lowest BCUT2D eigenvalue weighted by atomic mass is 10.1. The average Bonchev–Trinajstić information content (AvgIpc) is 2.41. The van der Waals surface area contributed by atoms with Crippen molar-refractivity contribution in [1.29, 1.82) is 0 Å². The van der Waals surface area contributed by atoms with Gasteiger partial charge in [-0.05, 0) is 18.6 Å². The zero-order valence-electron chi connectivity index (χ0n) is 10.7. The molecule has 0 amide bonds. The molecule has 0 saturated carbocycles. The first-order valence-electron chi connectivity index (χ1n) is 6.39. The quantitative estimate of drug-likeness (QED) is 0.745. The van der Waals surface area contributed by atoms with Gasteiger partial charge in [-0.3, -0.25) is 5.84 Å². The number of hydrogen-bond donors (Lipinski definition) is 1. The van der Waals surface area contributed by atoms with Crippen LogP contribution in [0.15, 0.2) is 12.1 Å². The van der Waals surface area contributed by atoms with Gasteiger partial charge in [0.2, 0.25) is 0 Å². The van der Waals surface area contributed by atoms with Crippen molar-refractivity contribution in [2.24, 2.45) is 5.84 Å². The Balaban J connectivity index is 1.92. The largest absolute Gasteiger partial charge is 0.486 e. The van der Waals surface area contributed by atoms with E-state index >= 15 is 0 Å². The lowest BCUT2D eigenvalue weighted by Crippen LogP contribution is -2.49. The van der Waals surface area contributed by atoms with E-state index in [1.165, 1.54) is 0 Å². The zero-order valence-corrected chi connectivity index (χ0v) is 10.7. The Kier molecular flexibility index (Phi) is 3.01. The van der Waals surface area contributed by atoms with Gasteiger partial charge in [-0.2, -0.15) is 0 Å². The van der Waals surface area contributed by atoms with Crippen molar-refractivity contribution < 1.29 is 9.47 Å². The molecule has 1 fully saturated rings. The van der Waals surface area contributed by atoms with E-state index in [0.717, 1.165) is 48.9 Å². The van der Waals surface area contributed by atoms with Gasteiger partial charge in [0.25, 0.3) is 0 Å². The van der Waals surface area contributed by atoms with Crippen LogP contribution in [0, 0.1) is 6.92 Å². The van der Waals surface area contributed by atoms with E-state index in [0.29, 0.717) is 13.2 Å². The van der Waals surface area contributed by atoms with Crippen molar-refractivity contribution in [1.82, 2.24) is 5.01 Å². The van der Waals surface area contributed by atoms with Crippen molar-refractivity contribution in [3.8, 4) is 11.5 Å². The number of hydrogen-bond acceptors (Lipinski definition) is 5. The fraction of sp³-hybridized carbons (Fsp3) is 0.538. The summed E-state index contributed by atoms with van der Waals surface area (Å²) in [6.45, 7) is 6.92. The Labute approximate surface area is 107 Å². The fourth-order valence-corrected chi connectivity index (χ4v) is 2.47. The molecule has 2 N–H and O–H groups in total. The topological polar surface area (TPSA) is 51.0 Å². The first kappa shape index (κ1) is 11.6. The van der Waals surface area contributed by atoms with E-state index in [1.807, 2.05) is 5.01 Å². The molecular weight excluding hydrogens is 230 g/mol. The summed E-state index contributed by atoms with van der Waals surface area (Å²) in [5.74, 6) is 7.58. The molecule has 1 aromatic rings. The smallest absolute Gasteiger partial charge is 0.184 e. The summed E-state index contributed by atoms with van der Waals surface area (Å²) < 4.78 is 11.5. The monoisotopic (exact) mass is 249 g/mol. The molecule has 1 aromatic carbocycles. The Morgan fingerprint density at radius 2 is 1.67 bits per heavy atom.